The van der Waals surface area contributed by atoms with Gasteiger partial charge in [0.15, 0.2) is 0 Å². The summed E-state index contributed by atoms with van der Waals surface area (Å²) in [6.07, 6.45) is 19.3. The Morgan fingerprint density at radius 3 is 1.54 bits per heavy atom. The van der Waals surface area contributed by atoms with Crippen molar-refractivity contribution in [3.05, 3.63) is 95.1 Å². The van der Waals surface area contributed by atoms with Gasteiger partial charge in [-0.05, 0) is 197 Å². The van der Waals surface area contributed by atoms with Gasteiger partial charge in [-0.3, -0.25) is 29.3 Å². The largest absolute Gasteiger partial charge is 0.347 e. The first-order valence-electron chi connectivity index (χ1n) is 29.4. The van der Waals surface area contributed by atoms with E-state index in [-0.39, 0.29) is 65.7 Å². The van der Waals surface area contributed by atoms with E-state index < -0.39 is 24.2 Å². The summed E-state index contributed by atoms with van der Waals surface area (Å²) in [4.78, 5) is 73.4. The number of benzene rings is 4. The van der Waals surface area contributed by atoms with Crippen molar-refractivity contribution in [2.75, 3.05) is 27.2 Å². The molecule has 10 rings (SSSR count). The lowest BCUT2D eigenvalue weighted by atomic mass is 9.82. The highest BCUT2D eigenvalue weighted by molar-refractivity contribution is 5.95. The van der Waals surface area contributed by atoms with Gasteiger partial charge in [-0.1, -0.05) is 99.2 Å². The first kappa shape index (κ1) is 53.8. The maximum absolute atomic E-state index is 14.5. The fourth-order valence-electron chi connectivity index (χ4n) is 14.0. The Kier molecular flexibility index (Phi) is 17.2. The van der Waals surface area contributed by atoms with Crippen LogP contribution in [0.4, 0.5) is 0 Å². The van der Waals surface area contributed by atoms with Gasteiger partial charge in [0.05, 0.1) is 24.3 Å². The van der Waals surface area contributed by atoms with Crippen LogP contribution in [-0.2, 0) is 36.8 Å². The lowest BCUT2D eigenvalue weighted by Gasteiger charge is -2.38. The Labute approximate surface area is 451 Å². The summed E-state index contributed by atoms with van der Waals surface area (Å²) in [6.45, 7) is 4.87. The monoisotopic (exact) mass is 1030 g/mol. The SMILES string of the molecule is CNC(C)C(=O)NC(C(=O)N1CCC[C@H]1N[C@@H]1CCCc2c(-c3ccc4cc(-c5cccc6c5CCC[C@H]6NC(=O)[C@@H]5CCCN5C(=O)C(NC(=O)C(C)NC)C5CCCCC5)ccc4c3)cccc21)C1CCCCC1. The van der Waals surface area contributed by atoms with Gasteiger partial charge in [0.25, 0.3) is 0 Å². The third kappa shape index (κ3) is 11.5. The highest BCUT2D eigenvalue weighted by atomic mass is 16.2. The maximum atomic E-state index is 14.5. The molecule has 6 N–H and O–H groups in total. The molecule has 0 radical (unpaired) electrons. The second-order valence-electron chi connectivity index (χ2n) is 23.3. The number of carbonyl (C=O) groups is 5. The first-order valence-corrected chi connectivity index (χ1v) is 29.4. The Morgan fingerprint density at radius 2 is 1.00 bits per heavy atom. The molecule has 0 aromatic heterocycles. The third-order valence-electron chi connectivity index (χ3n) is 18.6. The number of fused-ring (bicyclic) bond motifs is 3. The highest BCUT2D eigenvalue weighted by Crippen LogP contribution is 2.41. The molecule has 4 aromatic rings. The molecule has 4 aliphatic carbocycles. The number of likely N-dealkylation sites (tertiary alicyclic amines) is 2. The molecule has 13 nitrogen and oxygen atoms in total. The molecule has 2 saturated heterocycles. The molecule has 2 heterocycles. The molecule has 13 heteroatoms. The van der Waals surface area contributed by atoms with E-state index in [4.69, 9.17) is 0 Å². The smallest absolute Gasteiger partial charge is 0.246 e. The molecular weight excluding hydrogens is 949 g/mol. The molecular formula is C63H84N8O5. The van der Waals surface area contributed by atoms with Crippen molar-refractivity contribution in [2.45, 2.75) is 191 Å². The number of hydrogen-bond donors (Lipinski definition) is 6. The molecule has 6 aliphatic rings. The van der Waals surface area contributed by atoms with Crippen LogP contribution < -0.4 is 31.9 Å². The normalized spacial score (nSPS) is 23.7. The van der Waals surface area contributed by atoms with E-state index in [9.17, 15) is 24.0 Å². The van der Waals surface area contributed by atoms with E-state index in [0.29, 0.717) is 19.5 Å². The van der Waals surface area contributed by atoms with Crippen molar-refractivity contribution in [3.63, 3.8) is 0 Å². The predicted octanol–water partition coefficient (Wildman–Crippen LogP) is 8.92. The summed E-state index contributed by atoms with van der Waals surface area (Å²) in [5.74, 6) is -0.225. The lowest BCUT2D eigenvalue weighted by molar-refractivity contribution is -0.143. The summed E-state index contributed by atoms with van der Waals surface area (Å²) in [5, 5.41) is 22.1. The van der Waals surface area contributed by atoms with Crippen molar-refractivity contribution in [1.82, 2.24) is 41.7 Å². The van der Waals surface area contributed by atoms with Gasteiger partial charge in [-0.25, -0.2) is 0 Å². The van der Waals surface area contributed by atoms with Gasteiger partial charge < -0.3 is 36.4 Å². The Morgan fingerprint density at radius 1 is 0.513 bits per heavy atom. The molecule has 4 aromatic carbocycles. The van der Waals surface area contributed by atoms with E-state index >= 15 is 0 Å². The van der Waals surface area contributed by atoms with E-state index in [2.05, 4.69) is 105 Å². The molecule has 2 saturated carbocycles. The van der Waals surface area contributed by atoms with Crippen LogP contribution >= 0.6 is 0 Å². The summed E-state index contributed by atoms with van der Waals surface area (Å²) in [6, 6.07) is 24.4. The van der Waals surface area contributed by atoms with Crippen LogP contribution in [0.1, 0.15) is 164 Å². The van der Waals surface area contributed by atoms with Gasteiger partial charge in [-0.2, -0.15) is 0 Å². The zero-order valence-electron chi connectivity index (χ0n) is 45.7. The zero-order chi connectivity index (χ0) is 52.9. The number of amides is 5. The minimum atomic E-state index is -0.627. The number of hydrogen-bond acceptors (Lipinski definition) is 8. The molecule has 406 valence electrons. The maximum Gasteiger partial charge on any atom is 0.246 e. The first-order chi connectivity index (χ1) is 37.0. The number of nitrogens with zero attached hydrogens (tertiary/aromatic N) is 2. The number of rotatable bonds is 16. The van der Waals surface area contributed by atoms with Crippen molar-refractivity contribution < 1.29 is 24.0 Å². The number of likely N-dealkylation sites (N-methyl/N-ethyl adjacent to an activating group) is 2. The summed E-state index contributed by atoms with van der Waals surface area (Å²) < 4.78 is 0. The molecule has 0 spiro atoms. The fraction of sp³-hybridized carbons (Fsp3) is 0.571. The summed E-state index contributed by atoms with van der Waals surface area (Å²) in [7, 11) is 3.53. The highest BCUT2D eigenvalue weighted by Gasteiger charge is 2.43. The van der Waals surface area contributed by atoms with Crippen LogP contribution in [0.5, 0.6) is 0 Å². The third-order valence-corrected chi connectivity index (χ3v) is 18.6. The second-order valence-corrected chi connectivity index (χ2v) is 23.3. The van der Waals surface area contributed by atoms with E-state index in [1.807, 2.05) is 11.8 Å². The zero-order valence-corrected chi connectivity index (χ0v) is 45.7. The van der Waals surface area contributed by atoms with E-state index in [1.165, 1.54) is 50.6 Å². The lowest BCUT2D eigenvalue weighted by Crippen LogP contribution is -2.58. The fourth-order valence-corrected chi connectivity index (χ4v) is 14.0. The van der Waals surface area contributed by atoms with Gasteiger partial charge >= 0.3 is 0 Å². The average molecular weight is 1030 g/mol. The van der Waals surface area contributed by atoms with Crippen molar-refractivity contribution in [2.24, 2.45) is 11.8 Å². The molecule has 5 amide bonds. The van der Waals surface area contributed by atoms with Crippen molar-refractivity contribution >= 4 is 40.3 Å². The van der Waals surface area contributed by atoms with Gasteiger partial charge in [0.2, 0.25) is 29.5 Å². The average Bonchev–Trinajstić information content (AvgIpc) is 4.17. The van der Waals surface area contributed by atoms with Crippen LogP contribution in [0.15, 0.2) is 72.8 Å². The Hall–Kier alpha value is -5.63. The van der Waals surface area contributed by atoms with Gasteiger partial charge in [-0.15, -0.1) is 0 Å². The molecule has 8 atom stereocenters. The molecule has 2 aliphatic heterocycles. The second kappa shape index (κ2) is 24.4. The van der Waals surface area contributed by atoms with E-state index in [0.717, 1.165) is 127 Å². The standard InChI is InChI=1S/C63H84N8O5/c1-39(64-3)59(72)68-57(41-17-7-5-8-18-41)62(75)70-35-15-29-55(70)61(74)67-54-28-14-24-50-48(22-12-26-52(50)54)46-34-32-43-37-45(33-31-44(43)38-46)47-21-11-25-51-49(47)23-13-27-53(51)66-56-30-16-36-71(56)63(76)58(42-19-9-6-10-20-42)69-60(73)40(2)65-4/h11-12,21-22,25-26,31-34,37-42,53-58,64-66H,5-10,13-20,23-24,27-30,35-36H2,1-4H3,(H,67,74)(H,68,72)(H,69,73)/t39?,40?,53-,54-,55+,56+,57?,58?/m1/s1. The molecule has 4 unspecified atom stereocenters. The number of carbonyl (C=O) groups excluding carboxylic acids is 5. The topological polar surface area (TPSA) is 164 Å². The minimum absolute atomic E-state index is 0.0625. The van der Waals surface area contributed by atoms with Gasteiger partial charge in [0.1, 0.15) is 18.1 Å². The van der Waals surface area contributed by atoms with E-state index in [1.54, 1.807) is 25.9 Å². The van der Waals surface area contributed by atoms with Crippen LogP contribution in [-0.4, -0.2) is 103 Å². The van der Waals surface area contributed by atoms with Crippen LogP contribution in [0.25, 0.3) is 33.0 Å². The van der Waals surface area contributed by atoms with Crippen LogP contribution in [0.2, 0.25) is 0 Å². The van der Waals surface area contributed by atoms with Crippen LogP contribution in [0.3, 0.4) is 0 Å². The minimum Gasteiger partial charge on any atom is -0.347 e. The quantitative estimate of drug-likeness (QED) is 0.0648. The van der Waals surface area contributed by atoms with Crippen molar-refractivity contribution in [3.8, 4) is 22.3 Å². The van der Waals surface area contributed by atoms with Crippen LogP contribution in [0, 0.1) is 11.8 Å². The Balaban J connectivity index is 0.831. The summed E-state index contributed by atoms with van der Waals surface area (Å²) >= 11 is 0. The molecule has 4 fully saturated rings. The molecule has 76 heavy (non-hydrogen) atoms. The predicted molar refractivity (Wildman–Crippen MR) is 301 cm³/mol. The van der Waals surface area contributed by atoms with Crippen molar-refractivity contribution in [1.29, 1.82) is 0 Å². The molecule has 0 bridgehead atoms. The Bertz CT molecular complexity index is 2750. The number of nitrogens with one attached hydrogen (secondary N) is 6. The summed E-state index contributed by atoms with van der Waals surface area (Å²) in [5.41, 5.74) is 9.93. The van der Waals surface area contributed by atoms with Gasteiger partial charge in [0, 0.05) is 19.1 Å².